The summed E-state index contributed by atoms with van der Waals surface area (Å²) in [4.78, 5) is 4.43. The highest BCUT2D eigenvalue weighted by atomic mass is 32.2. The Morgan fingerprint density at radius 3 is 2.62 bits per heavy atom. The van der Waals surface area contributed by atoms with Crippen LogP contribution in [0.3, 0.4) is 0 Å². The van der Waals surface area contributed by atoms with E-state index in [1.165, 1.54) is 4.90 Å². The summed E-state index contributed by atoms with van der Waals surface area (Å²) in [6.45, 7) is 0. The third kappa shape index (κ3) is 2.72. The zero-order chi connectivity index (χ0) is 14.7. The van der Waals surface area contributed by atoms with Gasteiger partial charge >= 0.3 is 0 Å². The molecule has 1 N–H and O–H groups in total. The second kappa shape index (κ2) is 5.90. The summed E-state index contributed by atoms with van der Waals surface area (Å²) in [6, 6.07) is 18.5. The molecule has 0 fully saturated rings. The van der Waals surface area contributed by atoms with Crippen LogP contribution in [0, 0.1) is 11.3 Å². The van der Waals surface area contributed by atoms with Crippen LogP contribution in [0.1, 0.15) is 11.1 Å². The lowest BCUT2D eigenvalue weighted by molar-refractivity contribution is 1.45. The standard InChI is InChI=1S/C18H14N2S/c1-21-15-8-6-13(7-9-15)10-14(11-19)17-12-20-18-5-3-2-4-16(17)18/h2-10,12,20H,1H3/b14-10+. The molecule has 0 bridgehead atoms. The van der Waals surface area contributed by atoms with Crippen LogP contribution in [0.15, 0.2) is 59.6 Å². The Kier molecular flexibility index (Phi) is 3.81. The largest absolute Gasteiger partial charge is 0.361 e. The summed E-state index contributed by atoms with van der Waals surface area (Å²) in [5.74, 6) is 0. The first-order valence-corrected chi connectivity index (χ1v) is 7.86. The second-order valence-electron chi connectivity index (χ2n) is 4.69. The third-order valence-electron chi connectivity index (χ3n) is 3.43. The molecule has 0 aliphatic carbocycles. The maximum absolute atomic E-state index is 9.48. The molecule has 1 aromatic heterocycles. The Morgan fingerprint density at radius 1 is 1.14 bits per heavy atom. The smallest absolute Gasteiger partial charge is 0.0998 e. The van der Waals surface area contributed by atoms with Gasteiger partial charge in [-0.1, -0.05) is 30.3 Å². The second-order valence-corrected chi connectivity index (χ2v) is 5.57. The zero-order valence-electron chi connectivity index (χ0n) is 11.6. The van der Waals surface area contributed by atoms with E-state index in [-0.39, 0.29) is 0 Å². The Labute approximate surface area is 128 Å². The highest BCUT2D eigenvalue weighted by Crippen LogP contribution is 2.26. The fourth-order valence-electron chi connectivity index (χ4n) is 2.33. The van der Waals surface area contributed by atoms with Crippen LogP contribution >= 0.6 is 11.8 Å². The van der Waals surface area contributed by atoms with E-state index >= 15 is 0 Å². The number of nitriles is 1. The van der Waals surface area contributed by atoms with Gasteiger partial charge in [0.25, 0.3) is 0 Å². The molecule has 2 aromatic carbocycles. The van der Waals surface area contributed by atoms with Crippen LogP contribution < -0.4 is 0 Å². The van der Waals surface area contributed by atoms with Crippen molar-refractivity contribution in [3.8, 4) is 6.07 Å². The van der Waals surface area contributed by atoms with Gasteiger partial charge in [0.05, 0.1) is 11.6 Å². The van der Waals surface area contributed by atoms with E-state index in [0.717, 1.165) is 22.0 Å². The van der Waals surface area contributed by atoms with Gasteiger partial charge in [-0.25, -0.2) is 0 Å². The SMILES string of the molecule is CSc1ccc(/C=C(\C#N)c2c[nH]c3ccccc23)cc1. The van der Waals surface area contributed by atoms with Gasteiger partial charge in [-0.05, 0) is 36.1 Å². The first kappa shape index (κ1) is 13.5. The van der Waals surface area contributed by atoms with Crippen molar-refractivity contribution in [2.24, 2.45) is 0 Å². The summed E-state index contributed by atoms with van der Waals surface area (Å²) < 4.78 is 0. The van der Waals surface area contributed by atoms with Gasteiger partial charge in [0, 0.05) is 27.6 Å². The minimum atomic E-state index is 0.671. The van der Waals surface area contributed by atoms with Crippen molar-refractivity contribution in [2.45, 2.75) is 4.90 Å². The van der Waals surface area contributed by atoms with E-state index < -0.39 is 0 Å². The van der Waals surface area contributed by atoms with Gasteiger partial charge in [0.15, 0.2) is 0 Å². The average Bonchev–Trinajstić information content (AvgIpc) is 2.97. The molecule has 0 amide bonds. The molecule has 3 rings (SSSR count). The topological polar surface area (TPSA) is 39.6 Å². The first-order valence-electron chi connectivity index (χ1n) is 6.64. The fourth-order valence-corrected chi connectivity index (χ4v) is 2.74. The maximum atomic E-state index is 9.48. The summed E-state index contributed by atoms with van der Waals surface area (Å²) in [6.07, 6.45) is 5.88. The number of nitrogens with zero attached hydrogens (tertiary/aromatic N) is 1. The molecular weight excluding hydrogens is 276 g/mol. The van der Waals surface area contributed by atoms with Crippen LogP contribution in [0.5, 0.6) is 0 Å². The number of fused-ring (bicyclic) bond motifs is 1. The minimum Gasteiger partial charge on any atom is -0.361 e. The molecule has 0 aliphatic heterocycles. The number of nitrogens with one attached hydrogen (secondary N) is 1. The lowest BCUT2D eigenvalue weighted by Gasteiger charge is -2.00. The van der Waals surface area contributed by atoms with Crippen molar-refractivity contribution in [3.05, 3.63) is 65.9 Å². The van der Waals surface area contributed by atoms with Crippen LogP contribution in [-0.4, -0.2) is 11.2 Å². The average molecular weight is 290 g/mol. The molecule has 0 saturated carbocycles. The molecule has 3 aromatic rings. The number of aromatic amines is 1. The summed E-state index contributed by atoms with van der Waals surface area (Å²) in [7, 11) is 0. The molecule has 0 saturated heterocycles. The number of rotatable bonds is 3. The van der Waals surface area contributed by atoms with Gasteiger partial charge in [-0.2, -0.15) is 5.26 Å². The fraction of sp³-hybridized carbons (Fsp3) is 0.0556. The zero-order valence-corrected chi connectivity index (χ0v) is 12.4. The van der Waals surface area contributed by atoms with Gasteiger partial charge in [0.1, 0.15) is 0 Å². The Bertz CT molecular complexity index is 836. The molecule has 0 atom stereocenters. The van der Waals surface area contributed by atoms with Gasteiger partial charge in [-0.15, -0.1) is 11.8 Å². The van der Waals surface area contributed by atoms with E-state index in [1.54, 1.807) is 11.8 Å². The number of H-pyrrole nitrogens is 1. The number of thioether (sulfide) groups is 1. The molecule has 3 heteroatoms. The molecule has 2 nitrogen and oxygen atoms in total. The predicted octanol–water partition coefficient (Wildman–Crippen LogP) is 4.95. The number of para-hydroxylation sites is 1. The van der Waals surface area contributed by atoms with Crippen LogP contribution in [0.2, 0.25) is 0 Å². The third-order valence-corrected chi connectivity index (χ3v) is 4.17. The van der Waals surface area contributed by atoms with E-state index in [0.29, 0.717) is 5.57 Å². The summed E-state index contributed by atoms with van der Waals surface area (Å²) in [5.41, 5.74) is 3.70. The lowest BCUT2D eigenvalue weighted by Crippen LogP contribution is -1.80. The molecule has 0 spiro atoms. The van der Waals surface area contributed by atoms with E-state index in [9.17, 15) is 5.26 Å². The maximum Gasteiger partial charge on any atom is 0.0998 e. The molecule has 0 unspecified atom stereocenters. The van der Waals surface area contributed by atoms with Crippen LogP contribution in [0.4, 0.5) is 0 Å². The lowest BCUT2D eigenvalue weighted by atomic mass is 10.0. The highest BCUT2D eigenvalue weighted by molar-refractivity contribution is 7.98. The summed E-state index contributed by atoms with van der Waals surface area (Å²) >= 11 is 1.71. The summed E-state index contributed by atoms with van der Waals surface area (Å²) in [5, 5.41) is 10.6. The van der Waals surface area contributed by atoms with E-state index in [1.807, 2.05) is 48.7 Å². The van der Waals surface area contributed by atoms with Gasteiger partial charge in [-0.3, -0.25) is 0 Å². The number of hydrogen-bond donors (Lipinski definition) is 1. The first-order chi connectivity index (χ1) is 10.3. The Hall–Kier alpha value is -2.44. The molecule has 21 heavy (non-hydrogen) atoms. The van der Waals surface area contributed by atoms with Crippen molar-refractivity contribution in [3.63, 3.8) is 0 Å². The highest BCUT2D eigenvalue weighted by Gasteiger charge is 2.07. The number of hydrogen-bond acceptors (Lipinski definition) is 2. The quantitative estimate of drug-likeness (QED) is 0.547. The van der Waals surface area contributed by atoms with Crippen molar-refractivity contribution in [2.75, 3.05) is 6.26 Å². The molecular formula is C18H14N2S. The number of allylic oxidation sites excluding steroid dienone is 1. The van der Waals surface area contributed by atoms with Crippen LogP contribution in [-0.2, 0) is 0 Å². The Morgan fingerprint density at radius 2 is 1.90 bits per heavy atom. The van der Waals surface area contributed by atoms with Crippen molar-refractivity contribution in [1.82, 2.24) is 4.98 Å². The van der Waals surface area contributed by atoms with Crippen molar-refractivity contribution >= 4 is 34.3 Å². The van der Waals surface area contributed by atoms with Crippen molar-refractivity contribution in [1.29, 1.82) is 5.26 Å². The molecule has 0 aliphatic rings. The normalized spacial score (nSPS) is 11.5. The van der Waals surface area contributed by atoms with Crippen molar-refractivity contribution < 1.29 is 0 Å². The van der Waals surface area contributed by atoms with Crippen LogP contribution in [0.25, 0.3) is 22.6 Å². The number of aromatic nitrogens is 1. The van der Waals surface area contributed by atoms with E-state index in [2.05, 4.69) is 29.4 Å². The monoisotopic (exact) mass is 290 g/mol. The van der Waals surface area contributed by atoms with Gasteiger partial charge < -0.3 is 4.98 Å². The molecule has 1 heterocycles. The Balaban J connectivity index is 2.05. The minimum absolute atomic E-state index is 0.671. The number of benzene rings is 2. The molecule has 102 valence electrons. The van der Waals surface area contributed by atoms with E-state index in [4.69, 9.17) is 0 Å². The predicted molar refractivity (Wildman–Crippen MR) is 90.0 cm³/mol. The molecule has 0 radical (unpaired) electrons. The van der Waals surface area contributed by atoms with Gasteiger partial charge in [0.2, 0.25) is 0 Å².